The summed E-state index contributed by atoms with van der Waals surface area (Å²) < 4.78 is 0. The summed E-state index contributed by atoms with van der Waals surface area (Å²) in [5, 5.41) is 3.76. The Morgan fingerprint density at radius 1 is 1.00 bits per heavy atom. The Hall–Kier alpha value is -2.33. The minimum atomic E-state index is -0.484. The Bertz CT molecular complexity index is 859. The van der Waals surface area contributed by atoms with E-state index in [1.54, 1.807) is 0 Å². The highest BCUT2D eigenvalue weighted by atomic mass is 35.5. The second kappa shape index (κ2) is 12.1. The van der Waals surface area contributed by atoms with Crippen molar-refractivity contribution < 1.29 is 9.59 Å². The first-order chi connectivity index (χ1) is 14.8. The monoisotopic (exact) mass is 456 g/mol. The molecule has 4 nitrogen and oxygen atoms in total. The van der Waals surface area contributed by atoms with Crippen LogP contribution in [-0.4, -0.2) is 35.8 Å². The van der Waals surface area contributed by atoms with E-state index in [0.29, 0.717) is 25.4 Å². The first-order valence-electron chi connectivity index (χ1n) is 11.2. The van der Waals surface area contributed by atoms with E-state index in [1.165, 1.54) is 5.56 Å². The molecule has 0 bridgehead atoms. The van der Waals surface area contributed by atoms with E-state index >= 15 is 0 Å². The van der Waals surface area contributed by atoms with Crippen LogP contribution in [0.25, 0.3) is 0 Å². The number of nitrogens with one attached hydrogen (secondary N) is 1. The van der Waals surface area contributed by atoms with Crippen LogP contribution in [0, 0.1) is 5.92 Å². The molecule has 0 unspecified atom stereocenters. The van der Waals surface area contributed by atoms with E-state index in [-0.39, 0.29) is 31.1 Å². The molecule has 0 aromatic heterocycles. The van der Waals surface area contributed by atoms with Gasteiger partial charge in [0.1, 0.15) is 6.04 Å². The summed E-state index contributed by atoms with van der Waals surface area (Å²) in [6.07, 6.45) is 2.23. The van der Waals surface area contributed by atoms with Crippen LogP contribution in [0.3, 0.4) is 0 Å². The van der Waals surface area contributed by atoms with Gasteiger partial charge in [0.15, 0.2) is 0 Å². The standard InChI is InChI=1S/C26H33ClN2O2.CH4/c1-18(2)25(28-24(30)17-19(3)20-7-5-4-6-8-20)26(31)29-15-13-22(14-16-29)21-9-11-23(27)12-10-21;/h4-12,18-19,22,25H,13-17H2,1-3H3,(H,28,30);1H4/t19-,25+;/m0./s1. The number of amides is 2. The zero-order valence-corrected chi connectivity index (χ0v) is 19.4. The lowest BCUT2D eigenvalue weighted by Gasteiger charge is -2.35. The first-order valence-corrected chi connectivity index (χ1v) is 11.6. The molecule has 0 aliphatic carbocycles. The van der Waals surface area contributed by atoms with Gasteiger partial charge in [0.25, 0.3) is 0 Å². The highest BCUT2D eigenvalue weighted by Gasteiger charge is 2.31. The highest BCUT2D eigenvalue weighted by Crippen LogP contribution is 2.29. The van der Waals surface area contributed by atoms with Gasteiger partial charge in [-0.2, -0.15) is 0 Å². The summed E-state index contributed by atoms with van der Waals surface area (Å²) in [5.74, 6) is 0.557. The van der Waals surface area contributed by atoms with Crippen molar-refractivity contribution in [2.45, 2.75) is 65.3 Å². The molecule has 1 aliphatic heterocycles. The van der Waals surface area contributed by atoms with Gasteiger partial charge >= 0.3 is 0 Å². The first kappa shape index (κ1) is 25.9. The van der Waals surface area contributed by atoms with E-state index in [1.807, 2.05) is 68.1 Å². The summed E-state index contributed by atoms with van der Waals surface area (Å²) in [6.45, 7) is 7.45. The van der Waals surface area contributed by atoms with E-state index in [4.69, 9.17) is 11.6 Å². The Morgan fingerprint density at radius 3 is 2.16 bits per heavy atom. The van der Waals surface area contributed by atoms with Crippen LogP contribution >= 0.6 is 11.6 Å². The van der Waals surface area contributed by atoms with E-state index in [9.17, 15) is 9.59 Å². The molecule has 2 amide bonds. The molecule has 1 fully saturated rings. The third-order valence-electron chi connectivity index (χ3n) is 6.26. The molecule has 1 heterocycles. The average molecular weight is 457 g/mol. The lowest BCUT2D eigenvalue weighted by molar-refractivity contribution is -0.138. The highest BCUT2D eigenvalue weighted by molar-refractivity contribution is 6.30. The Morgan fingerprint density at radius 2 is 1.59 bits per heavy atom. The van der Waals surface area contributed by atoms with Crippen molar-refractivity contribution in [2.75, 3.05) is 13.1 Å². The predicted octanol–water partition coefficient (Wildman–Crippen LogP) is 6.02. The molecule has 1 aliphatic rings. The van der Waals surface area contributed by atoms with Crippen molar-refractivity contribution in [3.63, 3.8) is 0 Å². The van der Waals surface area contributed by atoms with Crippen molar-refractivity contribution in [2.24, 2.45) is 5.92 Å². The molecule has 1 N–H and O–H groups in total. The van der Waals surface area contributed by atoms with Gasteiger partial charge in [-0.3, -0.25) is 9.59 Å². The molecule has 0 saturated carbocycles. The number of benzene rings is 2. The van der Waals surface area contributed by atoms with Crippen LogP contribution in [0.5, 0.6) is 0 Å². The Kier molecular flexibility index (Phi) is 9.77. The lowest BCUT2D eigenvalue weighted by atomic mass is 9.89. The van der Waals surface area contributed by atoms with Crippen LogP contribution in [0.4, 0.5) is 0 Å². The van der Waals surface area contributed by atoms with Gasteiger partial charge in [-0.05, 0) is 53.9 Å². The molecule has 3 rings (SSSR count). The van der Waals surface area contributed by atoms with E-state index < -0.39 is 6.04 Å². The number of piperidine rings is 1. The van der Waals surface area contributed by atoms with Gasteiger partial charge in [0.05, 0.1) is 0 Å². The number of hydrogen-bond acceptors (Lipinski definition) is 2. The minimum absolute atomic E-state index is 0. The number of rotatable bonds is 7. The molecule has 2 atom stereocenters. The Balaban J connectivity index is 0.00000363. The molecule has 174 valence electrons. The van der Waals surface area contributed by atoms with Crippen LogP contribution in [0.15, 0.2) is 54.6 Å². The average Bonchev–Trinajstić information content (AvgIpc) is 2.78. The molecular weight excluding hydrogens is 420 g/mol. The number of nitrogens with zero attached hydrogens (tertiary/aromatic N) is 1. The smallest absolute Gasteiger partial charge is 0.245 e. The molecule has 2 aromatic rings. The normalized spacial score (nSPS) is 16.2. The quantitative estimate of drug-likeness (QED) is 0.554. The van der Waals surface area contributed by atoms with Crippen LogP contribution in [0.1, 0.15) is 70.4 Å². The van der Waals surface area contributed by atoms with Crippen molar-refractivity contribution in [1.82, 2.24) is 10.2 Å². The van der Waals surface area contributed by atoms with Crippen molar-refractivity contribution in [3.05, 3.63) is 70.7 Å². The minimum Gasteiger partial charge on any atom is -0.344 e. The van der Waals surface area contributed by atoms with Gasteiger partial charge in [-0.15, -0.1) is 0 Å². The summed E-state index contributed by atoms with van der Waals surface area (Å²) in [6, 6.07) is 17.5. The van der Waals surface area contributed by atoms with Crippen molar-refractivity contribution >= 4 is 23.4 Å². The summed E-state index contributed by atoms with van der Waals surface area (Å²) in [5.41, 5.74) is 2.41. The molecule has 2 aromatic carbocycles. The van der Waals surface area contributed by atoms with Gasteiger partial charge in [-0.25, -0.2) is 0 Å². The maximum Gasteiger partial charge on any atom is 0.245 e. The summed E-state index contributed by atoms with van der Waals surface area (Å²) >= 11 is 6.00. The van der Waals surface area contributed by atoms with Gasteiger partial charge in [0, 0.05) is 24.5 Å². The van der Waals surface area contributed by atoms with E-state index in [2.05, 4.69) is 17.4 Å². The van der Waals surface area contributed by atoms with Crippen LogP contribution < -0.4 is 5.32 Å². The zero-order chi connectivity index (χ0) is 22.4. The fourth-order valence-electron chi connectivity index (χ4n) is 4.29. The molecule has 1 saturated heterocycles. The molecule has 5 heteroatoms. The van der Waals surface area contributed by atoms with Crippen LogP contribution in [-0.2, 0) is 9.59 Å². The van der Waals surface area contributed by atoms with Crippen molar-refractivity contribution in [3.8, 4) is 0 Å². The van der Waals surface area contributed by atoms with Crippen molar-refractivity contribution in [1.29, 1.82) is 0 Å². The van der Waals surface area contributed by atoms with Gasteiger partial charge < -0.3 is 10.2 Å². The fourth-order valence-corrected chi connectivity index (χ4v) is 4.41. The summed E-state index contributed by atoms with van der Waals surface area (Å²) in [4.78, 5) is 27.8. The number of halogens is 1. The largest absolute Gasteiger partial charge is 0.344 e. The second-order valence-electron chi connectivity index (χ2n) is 8.96. The van der Waals surface area contributed by atoms with Gasteiger partial charge in [0.2, 0.25) is 11.8 Å². The molecular formula is C27H37ClN2O2. The SMILES string of the molecule is C.CC(C)[C@@H](NC(=O)C[C@H](C)c1ccccc1)C(=O)N1CCC(c2ccc(Cl)cc2)CC1. The fraction of sp³-hybridized carbons (Fsp3) is 0.481. The van der Waals surface area contributed by atoms with Gasteiger partial charge in [-0.1, -0.05) is 82.3 Å². The third-order valence-corrected chi connectivity index (χ3v) is 6.51. The second-order valence-corrected chi connectivity index (χ2v) is 9.39. The Labute approximate surface area is 198 Å². The molecule has 0 radical (unpaired) electrons. The van der Waals surface area contributed by atoms with Crippen LogP contribution in [0.2, 0.25) is 5.02 Å². The number of likely N-dealkylation sites (tertiary alicyclic amines) is 1. The number of carbonyl (C=O) groups excluding carboxylic acids is 2. The topological polar surface area (TPSA) is 49.4 Å². The zero-order valence-electron chi connectivity index (χ0n) is 18.7. The molecule has 32 heavy (non-hydrogen) atoms. The summed E-state index contributed by atoms with van der Waals surface area (Å²) in [7, 11) is 0. The number of hydrogen-bond donors (Lipinski definition) is 1. The number of carbonyl (C=O) groups is 2. The lowest BCUT2D eigenvalue weighted by Crippen LogP contribution is -2.53. The predicted molar refractivity (Wildman–Crippen MR) is 133 cm³/mol. The third kappa shape index (κ3) is 6.83. The molecule has 0 spiro atoms. The van der Waals surface area contributed by atoms with E-state index in [0.717, 1.165) is 23.4 Å². The maximum atomic E-state index is 13.2. The maximum absolute atomic E-state index is 13.2.